The Morgan fingerprint density at radius 2 is 2.00 bits per heavy atom. The standard InChI is InChI=1S/C9H17NO4/c1-6(11)4-5-8(12)10-7(2)9(13)14-3/h6-7,11H,4-5H2,1-3H3,(H,10,12). The summed E-state index contributed by atoms with van der Waals surface area (Å²) in [5.41, 5.74) is 0. The lowest BCUT2D eigenvalue weighted by molar-refractivity contribution is -0.144. The van der Waals surface area contributed by atoms with E-state index in [1.54, 1.807) is 13.8 Å². The van der Waals surface area contributed by atoms with E-state index in [1.807, 2.05) is 0 Å². The maximum absolute atomic E-state index is 11.1. The van der Waals surface area contributed by atoms with Crippen molar-refractivity contribution in [3.05, 3.63) is 0 Å². The Labute approximate surface area is 83.4 Å². The fraction of sp³-hybridized carbons (Fsp3) is 0.778. The van der Waals surface area contributed by atoms with Crippen LogP contribution in [0.5, 0.6) is 0 Å². The number of methoxy groups -OCH3 is 1. The molecule has 0 aromatic carbocycles. The minimum atomic E-state index is -0.638. The van der Waals surface area contributed by atoms with Gasteiger partial charge in [-0.15, -0.1) is 0 Å². The molecule has 0 aromatic heterocycles. The molecule has 0 radical (unpaired) electrons. The van der Waals surface area contributed by atoms with Crippen LogP contribution in [0.25, 0.3) is 0 Å². The number of ether oxygens (including phenoxy) is 1. The number of aliphatic hydroxyl groups is 1. The van der Waals surface area contributed by atoms with Crippen molar-refractivity contribution in [2.75, 3.05) is 7.11 Å². The van der Waals surface area contributed by atoms with Crippen molar-refractivity contribution in [2.24, 2.45) is 0 Å². The minimum absolute atomic E-state index is 0.207. The van der Waals surface area contributed by atoms with Gasteiger partial charge in [0.15, 0.2) is 0 Å². The van der Waals surface area contributed by atoms with Gasteiger partial charge in [0.05, 0.1) is 13.2 Å². The molecule has 2 N–H and O–H groups in total. The van der Waals surface area contributed by atoms with Crippen molar-refractivity contribution in [2.45, 2.75) is 38.8 Å². The van der Waals surface area contributed by atoms with Crippen molar-refractivity contribution in [3.63, 3.8) is 0 Å². The Morgan fingerprint density at radius 1 is 1.43 bits per heavy atom. The Bertz CT molecular complexity index is 203. The number of nitrogens with one attached hydrogen (secondary N) is 1. The largest absolute Gasteiger partial charge is 0.467 e. The molecular formula is C9H17NO4. The van der Waals surface area contributed by atoms with Gasteiger partial charge in [0.25, 0.3) is 0 Å². The van der Waals surface area contributed by atoms with E-state index in [0.29, 0.717) is 6.42 Å². The molecule has 0 aliphatic rings. The van der Waals surface area contributed by atoms with Crippen LogP contribution in [0.1, 0.15) is 26.7 Å². The van der Waals surface area contributed by atoms with Crippen molar-refractivity contribution < 1.29 is 19.4 Å². The zero-order valence-electron chi connectivity index (χ0n) is 8.74. The lowest BCUT2D eigenvalue weighted by atomic mass is 10.2. The predicted molar refractivity (Wildman–Crippen MR) is 50.5 cm³/mol. The molecule has 14 heavy (non-hydrogen) atoms. The second-order valence-electron chi connectivity index (χ2n) is 3.20. The van der Waals surface area contributed by atoms with E-state index in [1.165, 1.54) is 7.11 Å². The second-order valence-corrected chi connectivity index (χ2v) is 3.20. The van der Waals surface area contributed by atoms with Gasteiger partial charge in [-0.2, -0.15) is 0 Å². The van der Waals surface area contributed by atoms with Crippen LogP contribution in [0.15, 0.2) is 0 Å². The molecule has 1 amide bonds. The maximum atomic E-state index is 11.1. The first-order valence-electron chi connectivity index (χ1n) is 4.52. The first kappa shape index (κ1) is 12.9. The lowest BCUT2D eigenvalue weighted by Gasteiger charge is -2.11. The molecule has 5 nitrogen and oxygen atoms in total. The highest BCUT2D eigenvalue weighted by Gasteiger charge is 2.15. The number of esters is 1. The van der Waals surface area contributed by atoms with E-state index in [0.717, 1.165) is 0 Å². The van der Waals surface area contributed by atoms with Crippen LogP contribution < -0.4 is 5.32 Å². The molecule has 2 unspecified atom stereocenters. The van der Waals surface area contributed by atoms with Crippen LogP contribution in [0.2, 0.25) is 0 Å². The summed E-state index contributed by atoms with van der Waals surface area (Å²) in [6.45, 7) is 3.16. The third kappa shape index (κ3) is 5.53. The van der Waals surface area contributed by atoms with Gasteiger partial charge in [-0.1, -0.05) is 0 Å². The average Bonchev–Trinajstić information content (AvgIpc) is 2.13. The highest BCUT2D eigenvalue weighted by Crippen LogP contribution is 1.96. The van der Waals surface area contributed by atoms with Crippen LogP contribution in [-0.2, 0) is 14.3 Å². The average molecular weight is 203 g/mol. The first-order valence-corrected chi connectivity index (χ1v) is 4.52. The quantitative estimate of drug-likeness (QED) is 0.608. The zero-order chi connectivity index (χ0) is 11.1. The van der Waals surface area contributed by atoms with Crippen molar-refractivity contribution in [3.8, 4) is 0 Å². The summed E-state index contributed by atoms with van der Waals surface area (Å²) in [6, 6.07) is -0.638. The van der Waals surface area contributed by atoms with E-state index < -0.39 is 18.1 Å². The van der Waals surface area contributed by atoms with Gasteiger partial charge in [0, 0.05) is 6.42 Å². The highest BCUT2D eigenvalue weighted by molar-refractivity contribution is 5.83. The number of carbonyl (C=O) groups is 2. The second kappa shape index (κ2) is 6.37. The number of aliphatic hydroxyl groups excluding tert-OH is 1. The Morgan fingerprint density at radius 3 is 2.43 bits per heavy atom. The number of hydrogen-bond acceptors (Lipinski definition) is 4. The summed E-state index contributed by atoms with van der Waals surface area (Å²) in [6.07, 6.45) is 0.0906. The summed E-state index contributed by atoms with van der Waals surface area (Å²) in [7, 11) is 1.26. The summed E-state index contributed by atoms with van der Waals surface area (Å²) in [5.74, 6) is -0.737. The number of amides is 1. The molecule has 0 saturated carbocycles. The van der Waals surface area contributed by atoms with E-state index in [4.69, 9.17) is 5.11 Å². The SMILES string of the molecule is COC(=O)C(C)NC(=O)CCC(C)O. The molecule has 2 atom stereocenters. The number of rotatable bonds is 5. The van der Waals surface area contributed by atoms with Gasteiger partial charge in [-0.3, -0.25) is 4.79 Å². The highest BCUT2D eigenvalue weighted by atomic mass is 16.5. The number of carbonyl (C=O) groups excluding carboxylic acids is 2. The molecule has 0 saturated heterocycles. The molecule has 0 aliphatic carbocycles. The van der Waals surface area contributed by atoms with E-state index >= 15 is 0 Å². The molecule has 0 rings (SSSR count). The van der Waals surface area contributed by atoms with E-state index in [2.05, 4.69) is 10.1 Å². The van der Waals surface area contributed by atoms with Crippen LogP contribution >= 0.6 is 0 Å². The maximum Gasteiger partial charge on any atom is 0.328 e. The van der Waals surface area contributed by atoms with Crippen molar-refractivity contribution in [1.82, 2.24) is 5.32 Å². The van der Waals surface area contributed by atoms with Crippen LogP contribution in [-0.4, -0.2) is 36.2 Å². The summed E-state index contributed by atoms with van der Waals surface area (Å²) in [4.78, 5) is 22.0. The van der Waals surface area contributed by atoms with Gasteiger partial charge in [-0.05, 0) is 20.3 Å². The van der Waals surface area contributed by atoms with Crippen LogP contribution in [0.3, 0.4) is 0 Å². The van der Waals surface area contributed by atoms with Gasteiger partial charge >= 0.3 is 5.97 Å². The molecule has 5 heteroatoms. The monoisotopic (exact) mass is 203 g/mol. The molecule has 0 aliphatic heterocycles. The molecule has 0 fully saturated rings. The molecule has 0 spiro atoms. The van der Waals surface area contributed by atoms with Crippen LogP contribution in [0.4, 0.5) is 0 Å². The third-order valence-electron chi connectivity index (χ3n) is 1.72. The Balaban J connectivity index is 3.77. The molecular weight excluding hydrogens is 186 g/mol. The third-order valence-corrected chi connectivity index (χ3v) is 1.72. The topological polar surface area (TPSA) is 75.6 Å². The molecule has 0 heterocycles. The van der Waals surface area contributed by atoms with Gasteiger partial charge < -0.3 is 15.2 Å². The van der Waals surface area contributed by atoms with Crippen molar-refractivity contribution >= 4 is 11.9 Å². The Kier molecular flexibility index (Phi) is 5.87. The van der Waals surface area contributed by atoms with Gasteiger partial charge in [0.2, 0.25) is 5.91 Å². The van der Waals surface area contributed by atoms with Crippen molar-refractivity contribution in [1.29, 1.82) is 0 Å². The molecule has 82 valence electrons. The zero-order valence-corrected chi connectivity index (χ0v) is 8.74. The predicted octanol–water partition coefficient (Wildman–Crippen LogP) is -0.175. The molecule has 0 aromatic rings. The van der Waals surface area contributed by atoms with E-state index in [-0.39, 0.29) is 12.3 Å². The smallest absolute Gasteiger partial charge is 0.328 e. The first-order chi connectivity index (χ1) is 6.47. The molecule has 0 bridgehead atoms. The Hall–Kier alpha value is -1.10. The number of hydrogen-bond donors (Lipinski definition) is 2. The van der Waals surface area contributed by atoms with Crippen LogP contribution in [0, 0.1) is 0 Å². The lowest BCUT2D eigenvalue weighted by Crippen LogP contribution is -2.39. The minimum Gasteiger partial charge on any atom is -0.467 e. The summed E-state index contributed by atoms with van der Waals surface area (Å²) in [5, 5.41) is 11.4. The van der Waals surface area contributed by atoms with Gasteiger partial charge in [0.1, 0.15) is 6.04 Å². The summed E-state index contributed by atoms with van der Waals surface area (Å²) < 4.78 is 4.44. The fourth-order valence-electron chi connectivity index (χ4n) is 0.889. The van der Waals surface area contributed by atoms with E-state index in [9.17, 15) is 9.59 Å². The van der Waals surface area contributed by atoms with Gasteiger partial charge in [-0.25, -0.2) is 4.79 Å². The fourth-order valence-corrected chi connectivity index (χ4v) is 0.889. The summed E-state index contributed by atoms with van der Waals surface area (Å²) >= 11 is 0. The normalized spacial score (nSPS) is 14.3.